The summed E-state index contributed by atoms with van der Waals surface area (Å²) >= 11 is 0. The first-order valence-electron chi connectivity index (χ1n) is 6.22. The maximum Gasteiger partial charge on any atom is 0.129 e. The summed E-state index contributed by atoms with van der Waals surface area (Å²) in [6.45, 7) is 2.15. The van der Waals surface area contributed by atoms with Gasteiger partial charge in [-0.1, -0.05) is 25.8 Å². The molecule has 1 aromatic carbocycles. The summed E-state index contributed by atoms with van der Waals surface area (Å²) < 4.78 is 27.2. The van der Waals surface area contributed by atoms with Crippen LogP contribution in [-0.2, 0) is 6.42 Å². The molecule has 0 amide bonds. The van der Waals surface area contributed by atoms with Gasteiger partial charge in [0, 0.05) is 11.1 Å². The zero-order valence-corrected chi connectivity index (χ0v) is 10.2. The zero-order valence-electron chi connectivity index (χ0n) is 10.2. The second-order valence-electron chi connectivity index (χ2n) is 5.44. The van der Waals surface area contributed by atoms with E-state index in [-0.39, 0.29) is 5.56 Å². The third kappa shape index (κ3) is 2.83. The van der Waals surface area contributed by atoms with Crippen molar-refractivity contribution in [2.45, 2.75) is 44.6 Å². The van der Waals surface area contributed by atoms with Crippen molar-refractivity contribution >= 4 is 0 Å². The van der Waals surface area contributed by atoms with Crippen molar-refractivity contribution in [1.82, 2.24) is 0 Å². The Hall–Kier alpha value is -0.960. The van der Waals surface area contributed by atoms with Crippen LogP contribution < -0.4 is 5.73 Å². The van der Waals surface area contributed by atoms with Gasteiger partial charge in [-0.05, 0) is 37.3 Å². The van der Waals surface area contributed by atoms with Gasteiger partial charge in [0.05, 0.1) is 0 Å². The van der Waals surface area contributed by atoms with Crippen LogP contribution in [0.15, 0.2) is 18.2 Å². The van der Waals surface area contributed by atoms with E-state index >= 15 is 0 Å². The lowest BCUT2D eigenvalue weighted by molar-refractivity contribution is 0.231. The molecular formula is C14H19F2N. The van der Waals surface area contributed by atoms with Gasteiger partial charge in [0.25, 0.3) is 0 Å². The molecule has 2 rings (SSSR count). The lowest BCUT2D eigenvalue weighted by Gasteiger charge is -2.37. The molecule has 0 spiro atoms. The van der Waals surface area contributed by atoms with Crippen molar-refractivity contribution in [3.05, 3.63) is 35.4 Å². The molecule has 2 atom stereocenters. The number of hydrogen-bond donors (Lipinski definition) is 1. The lowest BCUT2D eigenvalue weighted by atomic mass is 9.74. The Morgan fingerprint density at radius 1 is 1.35 bits per heavy atom. The van der Waals surface area contributed by atoms with Gasteiger partial charge in [-0.3, -0.25) is 0 Å². The van der Waals surface area contributed by atoms with Gasteiger partial charge in [0.1, 0.15) is 11.6 Å². The standard InChI is InChI=1S/C14H19F2N/c1-10-4-3-7-14(17,8-10)9-11-12(15)5-2-6-13(11)16/h2,5-6,10H,3-4,7-9,17H2,1H3. The molecule has 0 bridgehead atoms. The second-order valence-corrected chi connectivity index (χ2v) is 5.44. The summed E-state index contributed by atoms with van der Waals surface area (Å²) in [7, 11) is 0. The van der Waals surface area contributed by atoms with Crippen molar-refractivity contribution in [3.8, 4) is 0 Å². The van der Waals surface area contributed by atoms with Gasteiger partial charge in [0.2, 0.25) is 0 Å². The molecule has 1 aliphatic carbocycles. The molecule has 1 nitrogen and oxygen atoms in total. The third-order valence-corrected chi connectivity index (χ3v) is 3.72. The topological polar surface area (TPSA) is 26.0 Å². The van der Waals surface area contributed by atoms with Crippen LogP contribution in [0.1, 0.15) is 38.2 Å². The van der Waals surface area contributed by atoms with Crippen LogP contribution in [0.5, 0.6) is 0 Å². The minimum absolute atomic E-state index is 0.143. The Labute approximate surface area is 101 Å². The molecule has 1 fully saturated rings. The van der Waals surface area contributed by atoms with E-state index < -0.39 is 17.2 Å². The molecule has 2 N–H and O–H groups in total. The van der Waals surface area contributed by atoms with Gasteiger partial charge in [-0.25, -0.2) is 8.78 Å². The van der Waals surface area contributed by atoms with E-state index in [9.17, 15) is 8.78 Å². The molecule has 1 saturated carbocycles. The van der Waals surface area contributed by atoms with Crippen LogP contribution in [0.25, 0.3) is 0 Å². The zero-order chi connectivity index (χ0) is 12.5. The first kappa shape index (κ1) is 12.5. The van der Waals surface area contributed by atoms with Crippen molar-refractivity contribution in [2.24, 2.45) is 11.7 Å². The molecule has 0 saturated heterocycles. The number of nitrogens with two attached hydrogens (primary N) is 1. The summed E-state index contributed by atoms with van der Waals surface area (Å²) in [5, 5.41) is 0. The Morgan fingerprint density at radius 2 is 2.00 bits per heavy atom. The maximum absolute atomic E-state index is 13.6. The summed E-state index contributed by atoms with van der Waals surface area (Å²) in [6, 6.07) is 3.99. The molecule has 0 aromatic heterocycles. The molecule has 0 heterocycles. The Kier molecular flexibility index (Phi) is 3.48. The molecule has 1 aliphatic rings. The molecular weight excluding hydrogens is 220 g/mol. The monoisotopic (exact) mass is 239 g/mol. The third-order valence-electron chi connectivity index (χ3n) is 3.72. The van der Waals surface area contributed by atoms with Crippen LogP contribution in [0, 0.1) is 17.6 Å². The van der Waals surface area contributed by atoms with Crippen LogP contribution in [0.4, 0.5) is 8.78 Å². The average molecular weight is 239 g/mol. The van der Waals surface area contributed by atoms with E-state index in [4.69, 9.17) is 5.73 Å². The average Bonchev–Trinajstić information content (AvgIpc) is 2.23. The molecule has 17 heavy (non-hydrogen) atoms. The van der Waals surface area contributed by atoms with E-state index in [1.54, 1.807) is 0 Å². The fraction of sp³-hybridized carbons (Fsp3) is 0.571. The highest BCUT2D eigenvalue weighted by Crippen LogP contribution is 2.33. The Balaban J connectivity index is 2.19. The van der Waals surface area contributed by atoms with Crippen molar-refractivity contribution < 1.29 is 8.78 Å². The fourth-order valence-electron chi connectivity index (χ4n) is 2.91. The van der Waals surface area contributed by atoms with E-state index in [0.29, 0.717) is 12.3 Å². The number of hydrogen-bond acceptors (Lipinski definition) is 1. The van der Waals surface area contributed by atoms with Crippen LogP contribution >= 0.6 is 0 Å². The van der Waals surface area contributed by atoms with Crippen molar-refractivity contribution in [3.63, 3.8) is 0 Å². The van der Waals surface area contributed by atoms with Crippen LogP contribution in [-0.4, -0.2) is 5.54 Å². The van der Waals surface area contributed by atoms with Crippen LogP contribution in [0.2, 0.25) is 0 Å². The van der Waals surface area contributed by atoms with E-state index in [2.05, 4.69) is 6.92 Å². The number of benzene rings is 1. The van der Waals surface area contributed by atoms with Gasteiger partial charge in [0.15, 0.2) is 0 Å². The van der Waals surface area contributed by atoms with Gasteiger partial charge in [-0.15, -0.1) is 0 Å². The minimum Gasteiger partial charge on any atom is -0.325 e. The Morgan fingerprint density at radius 3 is 2.59 bits per heavy atom. The molecule has 0 radical (unpaired) electrons. The van der Waals surface area contributed by atoms with E-state index in [0.717, 1.165) is 19.3 Å². The van der Waals surface area contributed by atoms with Crippen molar-refractivity contribution in [1.29, 1.82) is 0 Å². The number of rotatable bonds is 2. The quantitative estimate of drug-likeness (QED) is 0.840. The molecule has 0 aliphatic heterocycles. The first-order chi connectivity index (χ1) is 8.00. The van der Waals surface area contributed by atoms with Crippen molar-refractivity contribution in [2.75, 3.05) is 0 Å². The second kappa shape index (κ2) is 4.73. The molecule has 3 heteroatoms. The molecule has 2 unspecified atom stereocenters. The Bertz CT molecular complexity index is 385. The lowest BCUT2D eigenvalue weighted by Crippen LogP contribution is -2.46. The smallest absolute Gasteiger partial charge is 0.129 e. The minimum atomic E-state index is -0.479. The number of halogens is 2. The summed E-state index contributed by atoms with van der Waals surface area (Å²) in [5.74, 6) is -0.412. The highest BCUT2D eigenvalue weighted by molar-refractivity contribution is 5.22. The predicted octanol–water partition coefficient (Wildman–Crippen LogP) is 3.41. The normalized spacial score (nSPS) is 29.3. The molecule has 94 valence electrons. The van der Waals surface area contributed by atoms with Gasteiger partial charge in [-0.2, -0.15) is 0 Å². The molecule has 1 aromatic rings. The SMILES string of the molecule is CC1CCCC(N)(Cc2c(F)cccc2F)C1. The van der Waals surface area contributed by atoms with Gasteiger partial charge >= 0.3 is 0 Å². The van der Waals surface area contributed by atoms with Crippen LogP contribution in [0.3, 0.4) is 0 Å². The fourth-order valence-corrected chi connectivity index (χ4v) is 2.91. The summed E-state index contributed by atoms with van der Waals surface area (Å²) in [5.41, 5.74) is 5.98. The maximum atomic E-state index is 13.6. The van der Waals surface area contributed by atoms with Gasteiger partial charge < -0.3 is 5.73 Å². The first-order valence-corrected chi connectivity index (χ1v) is 6.22. The summed E-state index contributed by atoms with van der Waals surface area (Å²) in [4.78, 5) is 0. The highest BCUT2D eigenvalue weighted by Gasteiger charge is 2.32. The summed E-state index contributed by atoms with van der Waals surface area (Å²) in [6.07, 6.45) is 4.22. The van der Waals surface area contributed by atoms with E-state index in [1.165, 1.54) is 24.6 Å². The largest absolute Gasteiger partial charge is 0.325 e. The van der Waals surface area contributed by atoms with E-state index in [1.807, 2.05) is 0 Å². The predicted molar refractivity (Wildman–Crippen MR) is 64.6 cm³/mol. The highest BCUT2D eigenvalue weighted by atomic mass is 19.1.